The Bertz CT molecular complexity index is 758. The fourth-order valence-electron chi connectivity index (χ4n) is 4.95. The number of hydrogen-bond donors (Lipinski definition) is 0. The number of rotatable bonds is 33. The van der Waals surface area contributed by atoms with Crippen LogP contribution in [-0.4, -0.2) is 70.0 Å². The van der Waals surface area contributed by atoms with Gasteiger partial charge in [0.15, 0.2) is 6.10 Å². The fraction of sp³-hybridized carbons (Fsp3) is 0.943. The monoisotopic (exact) mass is 663 g/mol. The number of unbranched alkanes of at least 4 members (excludes halogenated alkanes) is 19. The van der Waals surface area contributed by atoms with Gasteiger partial charge in [0.1, 0.15) is 19.8 Å². The largest absolute Gasteiger partial charge is 0.756 e. The third kappa shape index (κ3) is 32.7. The van der Waals surface area contributed by atoms with Gasteiger partial charge in [-0.1, -0.05) is 136 Å². The second-order valence-corrected chi connectivity index (χ2v) is 15.0. The predicted molar refractivity (Wildman–Crippen MR) is 181 cm³/mol. The molecule has 0 radical (unpaired) electrons. The van der Waals surface area contributed by atoms with Crippen molar-refractivity contribution in [2.24, 2.45) is 0 Å². The standard InChI is InChI=1S/C35H70NO8P/c1-6-8-10-12-14-15-16-17-18-19-20-21-22-24-25-27-34(37)41-31-33(44-35(38)28-26-23-13-11-9-7-2)32-43-45(39,40)42-30-29-36(3,4)5/h33H,6-32H2,1-5H3. The zero-order chi connectivity index (χ0) is 33.7. The van der Waals surface area contributed by atoms with E-state index >= 15 is 0 Å². The molecule has 0 N–H and O–H groups in total. The quantitative estimate of drug-likeness (QED) is 0.0297. The van der Waals surface area contributed by atoms with E-state index in [9.17, 15) is 19.0 Å². The normalized spacial score (nSPS) is 13.8. The average Bonchev–Trinajstić information content (AvgIpc) is 2.97. The molecule has 0 aromatic heterocycles. The van der Waals surface area contributed by atoms with Crippen LogP contribution in [-0.2, 0) is 32.7 Å². The number of hydrogen-bond acceptors (Lipinski definition) is 8. The molecule has 0 spiro atoms. The maximum absolute atomic E-state index is 12.4. The molecule has 0 rings (SSSR count). The zero-order valence-electron chi connectivity index (χ0n) is 29.8. The summed E-state index contributed by atoms with van der Waals surface area (Å²) < 4.78 is 33.5. The highest BCUT2D eigenvalue weighted by Crippen LogP contribution is 2.38. The number of quaternary nitrogens is 1. The van der Waals surface area contributed by atoms with Crippen LogP contribution in [0.3, 0.4) is 0 Å². The molecule has 0 aromatic rings. The van der Waals surface area contributed by atoms with Gasteiger partial charge in [0.05, 0.1) is 27.7 Å². The van der Waals surface area contributed by atoms with Crippen molar-refractivity contribution >= 4 is 19.8 Å². The summed E-state index contributed by atoms with van der Waals surface area (Å²) in [5, 5.41) is 0. The number of likely N-dealkylation sites (N-methyl/N-ethyl adjacent to an activating group) is 1. The Hall–Kier alpha value is -0.990. The first kappa shape index (κ1) is 44.0. The summed E-state index contributed by atoms with van der Waals surface area (Å²) in [6.45, 7) is 4.15. The molecule has 0 aliphatic carbocycles. The van der Waals surface area contributed by atoms with Crippen molar-refractivity contribution in [2.45, 2.75) is 168 Å². The van der Waals surface area contributed by atoms with Crippen LogP contribution in [0, 0.1) is 0 Å². The molecule has 45 heavy (non-hydrogen) atoms. The van der Waals surface area contributed by atoms with Crippen LogP contribution in [0.5, 0.6) is 0 Å². The molecule has 0 aliphatic rings. The summed E-state index contributed by atoms with van der Waals surface area (Å²) >= 11 is 0. The molecule has 2 unspecified atom stereocenters. The van der Waals surface area contributed by atoms with E-state index in [0.717, 1.165) is 44.9 Å². The predicted octanol–water partition coefficient (Wildman–Crippen LogP) is 8.66. The van der Waals surface area contributed by atoms with E-state index in [0.29, 0.717) is 17.4 Å². The van der Waals surface area contributed by atoms with Crippen LogP contribution in [0.4, 0.5) is 0 Å². The van der Waals surface area contributed by atoms with Crippen LogP contribution >= 0.6 is 7.82 Å². The van der Waals surface area contributed by atoms with Gasteiger partial charge in [-0.15, -0.1) is 0 Å². The minimum atomic E-state index is -4.60. The molecule has 0 fully saturated rings. The van der Waals surface area contributed by atoms with E-state index in [1.807, 2.05) is 21.1 Å². The third-order valence-corrected chi connectivity index (χ3v) is 8.84. The van der Waals surface area contributed by atoms with Crippen LogP contribution < -0.4 is 4.89 Å². The summed E-state index contributed by atoms with van der Waals surface area (Å²) in [5.41, 5.74) is 0. The van der Waals surface area contributed by atoms with E-state index in [1.165, 1.54) is 83.5 Å². The topological polar surface area (TPSA) is 111 Å². The van der Waals surface area contributed by atoms with Crippen LogP contribution in [0.15, 0.2) is 0 Å². The van der Waals surface area contributed by atoms with Gasteiger partial charge < -0.3 is 27.9 Å². The SMILES string of the molecule is CCCCCCCCCCCCCCCCCC(=O)OCC(COP(=O)([O-])OCC[N+](C)(C)C)OC(=O)CCCCCCCC. The second-order valence-electron chi connectivity index (χ2n) is 13.6. The summed E-state index contributed by atoms with van der Waals surface area (Å²) in [4.78, 5) is 37.0. The molecule has 9 nitrogen and oxygen atoms in total. The Kier molecular flexibility index (Phi) is 28.5. The zero-order valence-corrected chi connectivity index (χ0v) is 30.7. The lowest BCUT2D eigenvalue weighted by atomic mass is 10.0. The van der Waals surface area contributed by atoms with E-state index in [2.05, 4.69) is 13.8 Å². The number of ether oxygens (including phenoxy) is 2. The Morgan fingerprint density at radius 3 is 1.42 bits per heavy atom. The lowest BCUT2D eigenvalue weighted by Gasteiger charge is -2.28. The Morgan fingerprint density at radius 1 is 0.600 bits per heavy atom. The van der Waals surface area contributed by atoms with Gasteiger partial charge in [-0.3, -0.25) is 14.2 Å². The first-order valence-corrected chi connectivity index (χ1v) is 19.7. The average molecular weight is 664 g/mol. The van der Waals surface area contributed by atoms with Crippen LogP contribution in [0.2, 0.25) is 0 Å². The Morgan fingerprint density at radius 2 is 1.00 bits per heavy atom. The van der Waals surface area contributed by atoms with E-state index in [4.69, 9.17) is 18.5 Å². The summed E-state index contributed by atoms with van der Waals surface area (Å²) in [6, 6.07) is 0. The van der Waals surface area contributed by atoms with Gasteiger partial charge in [0.25, 0.3) is 7.82 Å². The third-order valence-electron chi connectivity index (χ3n) is 7.88. The van der Waals surface area contributed by atoms with Gasteiger partial charge in [0, 0.05) is 12.8 Å². The molecule has 2 atom stereocenters. The molecular weight excluding hydrogens is 593 g/mol. The van der Waals surface area contributed by atoms with Crippen molar-refractivity contribution in [1.29, 1.82) is 0 Å². The van der Waals surface area contributed by atoms with Crippen molar-refractivity contribution in [3.05, 3.63) is 0 Å². The highest BCUT2D eigenvalue weighted by atomic mass is 31.2. The highest BCUT2D eigenvalue weighted by Gasteiger charge is 2.21. The minimum Gasteiger partial charge on any atom is -0.756 e. The van der Waals surface area contributed by atoms with Gasteiger partial charge in [-0.2, -0.15) is 0 Å². The van der Waals surface area contributed by atoms with Crippen molar-refractivity contribution in [3.63, 3.8) is 0 Å². The first-order chi connectivity index (χ1) is 21.5. The minimum absolute atomic E-state index is 0.0268. The van der Waals surface area contributed by atoms with Gasteiger partial charge in [-0.05, 0) is 12.8 Å². The highest BCUT2D eigenvalue weighted by molar-refractivity contribution is 7.45. The first-order valence-electron chi connectivity index (χ1n) is 18.2. The van der Waals surface area contributed by atoms with Crippen molar-refractivity contribution in [1.82, 2.24) is 0 Å². The number of phosphoric acid groups is 1. The summed E-state index contributed by atoms with van der Waals surface area (Å²) in [5.74, 6) is -0.838. The number of nitrogens with zero attached hydrogens (tertiary/aromatic N) is 1. The summed E-state index contributed by atoms with van der Waals surface area (Å²) in [6.07, 6.45) is 24.4. The molecule has 0 aromatic carbocycles. The molecule has 0 amide bonds. The molecule has 268 valence electrons. The lowest BCUT2D eigenvalue weighted by Crippen LogP contribution is -2.37. The Labute approximate surface area is 276 Å². The summed E-state index contributed by atoms with van der Waals surface area (Å²) in [7, 11) is 1.17. The molecule has 10 heteroatoms. The number of carbonyl (C=O) groups is 2. The van der Waals surface area contributed by atoms with E-state index < -0.39 is 26.5 Å². The molecular formula is C35H70NO8P. The van der Waals surface area contributed by atoms with Gasteiger partial charge >= 0.3 is 11.9 Å². The van der Waals surface area contributed by atoms with Crippen molar-refractivity contribution in [3.8, 4) is 0 Å². The maximum atomic E-state index is 12.4. The number of esters is 2. The van der Waals surface area contributed by atoms with Crippen molar-refractivity contribution < 1.29 is 42.1 Å². The number of phosphoric ester groups is 1. The van der Waals surface area contributed by atoms with Gasteiger partial charge in [-0.25, -0.2) is 0 Å². The second kappa shape index (κ2) is 29.2. The van der Waals surface area contributed by atoms with E-state index in [-0.39, 0.29) is 32.0 Å². The lowest BCUT2D eigenvalue weighted by molar-refractivity contribution is -0.870. The van der Waals surface area contributed by atoms with Crippen LogP contribution in [0.1, 0.15) is 162 Å². The van der Waals surface area contributed by atoms with E-state index in [1.54, 1.807) is 0 Å². The van der Waals surface area contributed by atoms with Gasteiger partial charge in [0.2, 0.25) is 0 Å². The molecule has 0 saturated carbocycles. The molecule has 0 aliphatic heterocycles. The van der Waals surface area contributed by atoms with Crippen LogP contribution in [0.25, 0.3) is 0 Å². The molecule has 0 heterocycles. The smallest absolute Gasteiger partial charge is 0.306 e. The fourth-order valence-corrected chi connectivity index (χ4v) is 5.68. The maximum Gasteiger partial charge on any atom is 0.306 e. The Balaban J connectivity index is 4.29. The molecule has 0 saturated heterocycles. The number of carbonyl (C=O) groups excluding carboxylic acids is 2. The molecule has 0 bridgehead atoms. The van der Waals surface area contributed by atoms with Crippen molar-refractivity contribution in [2.75, 3.05) is 47.5 Å².